The molecule has 190 valence electrons. The molecule has 2 atom stereocenters. The van der Waals surface area contributed by atoms with Gasteiger partial charge in [-0.15, -0.1) is 0 Å². The van der Waals surface area contributed by atoms with Crippen LogP contribution in [0.3, 0.4) is 0 Å². The van der Waals surface area contributed by atoms with Crippen LogP contribution in [0.15, 0.2) is 30.8 Å². The van der Waals surface area contributed by atoms with Gasteiger partial charge >= 0.3 is 6.09 Å². The molecule has 1 aromatic rings. The van der Waals surface area contributed by atoms with E-state index in [1.54, 1.807) is 45.0 Å². The Labute approximate surface area is 213 Å². The largest absolute Gasteiger partial charge is 0.444 e. The molecule has 9 heteroatoms. The summed E-state index contributed by atoms with van der Waals surface area (Å²) < 4.78 is 5.27. The number of nitrogens with zero attached hydrogens (tertiary/aromatic N) is 2. The summed E-state index contributed by atoms with van der Waals surface area (Å²) >= 11 is 4.23. The van der Waals surface area contributed by atoms with Crippen LogP contribution in [0.25, 0.3) is 6.08 Å². The molecule has 0 heterocycles. The van der Waals surface area contributed by atoms with Crippen LogP contribution in [0.5, 0.6) is 0 Å². The van der Waals surface area contributed by atoms with Crippen molar-refractivity contribution in [2.75, 3.05) is 12.3 Å². The highest BCUT2D eigenvalue weighted by molar-refractivity contribution is 7.80. The molecule has 0 bridgehead atoms. The monoisotopic (exact) mass is 500 g/mol. The Balaban J connectivity index is 2.40. The van der Waals surface area contributed by atoms with E-state index in [0.717, 1.165) is 37.7 Å². The number of alkyl carbamates (subject to hydrolysis) is 1. The van der Waals surface area contributed by atoms with E-state index in [9.17, 15) is 19.6 Å². The molecule has 0 radical (unpaired) electrons. The van der Waals surface area contributed by atoms with E-state index in [2.05, 4.69) is 29.8 Å². The Morgan fingerprint density at radius 2 is 1.97 bits per heavy atom. The van der Waals surface area contributed by atoms with Gasteiger partial charge < -0.3 is 20.3 Å². The fraction of sp³-hybridized carbons (Fsp3) is 0.538. The van der Waals surface area contributed by atoms with Gasteiger partial charge in [0.05, 0.1) is 6.07 Å². The number of carbonyl (C=O) groups excluding carboxylic acids is 3. The number of thiol groups is 1. The third-order valence-corrected chi connectivity index (χ3v) is 6.03. The van der Waals surface area contributed by atoms with Crippen molar-refractivity contribution in [2.24, 2.45) is 0 Å². The number of ether oxygens (including phenoxy) is 1. The lowest BCUT2D eigenvalue weighted by molar-refractivity contribution is -0.141. The molecule has 1 aromatic carbocycles. The number of rotatable bonds is 9. The minimum atomic E-state index is -1.09. The zero-order chi connectivity index (χ0) is 26.0. The number of hydrogen-bond acceptors (Lipinski definition) is 6. The van der Waals surface area contributed by atoms with Crippen molar-refractivity contribution >= 4 is 36.6 Å². The topological polar surface area (TPSA) is 112 Å². The first-order chi connectivity index (χ1) is 16.6. The maximum atomic E-state index is 13.6. The van der Waals surface area contributed by atoms with Gasteiger partial charge in [0.15, 0.2) is 0 Å². The van der Waals surface area contributed by atoms with Gasteiger partial charge in [-0.3, -0.25) is 9.59 Å². The number of nitrogens with one attached hydrogen (secondary N) is 2. The van der Waals surface area contributed by atoms with Crippen LogP contribution < -0.4 is 10.6 Å². The van der Waals surface area contributed by atoms with Crippen LogP contribution in [0.4, 0.5) is 4.79 Å². The summed E-state index contributed by atoms with van der Waals surface area (Å²) in [7, 11) is 0. The zero-order valence-corrected chi connectivity index (χ0v) is 21.6. The number of amides is 3. The van der Waals surface area contributed by atoms with Crippen molar-refractivity contribution in [2.45, 2.75) is 76.6 Å². The molecule has 35 heavy (non-hydrogen) atoms. The minimum absolute atomic E-state index is 0.0148. The first-order valence-electron chi connectivity index (χ1n) is 11.9. The lowest BCUT2D eigenvalue weighted by atomic mass is 9.94. The molecule has 1 fully saturated rings. The SMILES string of the molecule is C=Cc1cccc(C(C(=O)NC2CCCCC2)N(CC#N)C(=O)C(CS)NC(=O)OC(C)(C)C)c1. The highest BCUT2D eigenvalue weighted by atomic mass is 32.1. The van der Waals surface area contributed by atoms with Crippen molar-refractivity contribution in [3.05, 3.63) is 42.0 Å². The van der Waals surface area contributed by atoms with Gasteiger partial charge in [0.25, 0.3) is 0 Å². The van der Waals surface area contributed by atoms with Crippen LogP contribution in [-0.2, 0) is 14.3 Å². The first kappa shape index (κ1) is 28.2. The predicted molar refractivity (Wildman–Crippen MR) is 139 cm³/mol. The predicted octanol–water partition coefficient (Wildman–Crippen LogP) is 3.99. The molecule has 0 saturated heterocycles. The quantitative estimate of drug-likeness (QED) is 0.351. The Hall–Kier alpha value is -2.99. The highest BCUT2D eigenvalue weighted by Gasteiger charge is 2.36. The van der Waals surface area contributed by atoms with E-state index in [4.69, 9.17) is 4.74 Å². The van der Waals surface area contributed by atoms with Crippen molar-refractivity contribution in [3.63, 3.8) is 0 Å². The van der Waals surface area contributed by atoms with Gasteiger partial charge in [0.2, 0.25) is 11.8 Å². The van der Waals surface area contributed by atoms with Gasteiger partial charge in [-0.1, -0.05) is 50.1 Å². The molecule has 1 aliphatic carbocycles. The van der Waals surface area contributed by atoms with E-state index >= 15 is 0 Å². The molecule has 2 unspecified atom stereocenters. The summed E-state index contributed by atoms with van der Waals surface area (Å²) in [4.78, 5) is 40.7. The fourth-order valence-corrected chi connectivity index (χ4v) is 4.31. The average molecular weight is 501 g/mol. The maximum Gasteiger partial charge on any atom is 0.408 e. The molecule has 0 spiro atoms. The van der Waals surface area contributed by atoms with Crippen LogP contribution in [0, 0.1) is 11.3 Å². The summed E-state index contributed by atoms with van der Waals surface area (Å²) in [5.41, 5.74) is 0.572. The van der Waals surface area contributed by atoms with E-state index in [-0.39, 0.29) is 24.2 Å². The Bertz CT molecular complexity index is 947. The molecule has 1 saturated carbocycles. The fourth-order valence-electron chi connectivity index (χ4n) is 4.06. The average Bonchev–Trinajstić information content (AvgIpc) is 2.81. The highest BCUT2D eigenvalue weighted by Crippen LogP contribution is 2.26. The summed E-state index contributed by atoms with van der Waals surface area (Å²) in [6.07, 6.45) is 5.81. The smallest absolute Gasteiger partial charge is 0.408 e. The Morgan fingerprint density at radius 1 is 1.29 bits per heavy atom. The Kier molecular flexibility index (Phi) is 10.6. The number of hydrogen-bond donors (Lipinski definition) is 3. The molecule has 0 aromatic heterocycles. The van der Waals surface area contributed by atoms with Crippen LogP contribution in [0.1, 0.15) is 70.0 Å². The standard InChI is InChI=1S/C26H36N4O4S/c1-5-18-10-9-11-19(16-18)22(23(31)28-20-12-7-6-8-13-20)30(15-14-27)24(32)21(17-35)29-25(33)34-26(2,3)4/h5,9-11,16,20-22,35H,1,6-8,12-13,15,17H2,2-4H3,(H,28,31)(H,29,33). The number of carbonyl (C=O) groups is 3. The number of benzene rings is 1. The molecular formula is C26H36N4O4S. The van der Waals surface area contributed by atoms with E-state index in [0.29, 0.717) is 5.56 Å². The number of nitriles is 1. The maximum absolute atomic E-state index is 13.6. The summed E-state index contributed by atoms with van der Waals surface area (Å²) in [5, 5.41) is 15.2. The minimum Gasteiger partial charge on any atom is -0.444 e. The van der Waals surface area contributed by atoms with Gasteiger partial charge in [0, 0.05) is 11.8 Å². The molecule has 2 N–H and O–H groups in total. The molecular weight excluding hydrogens is 464 g/mol. The van der Waals surface area contributed by atoms with Gasteiger partial charge in [-0.05, 0) is 50.8 Å². The van der Waals surface area contributed by atoms with Crippen molar-refractivity contribution < 1.29 is 19.1 Å². The molecule has 0 aliphatic heterocycles. The molecule has 1 aliphatic rings. The summed E-state index contributed by atoms with van der Waals surface area (Å²) in [6, 6.07) is 6.98. The van der Waals surface area contributed by atoms with Crippen LogP contribution in [0.2, 0.25) is 0 Å². The van der Waals surface area contributed by atoms with E-state index in [1.165, 1.54) is 4.90 Å². The van der Waals surface area contributed by atoms with E-state index < -0.39 is 29.7 Å². The lowest BCUT2D eigenvalue weighted by Gasteiger charge is -2.34. The van der Waals surface area contributed by atoms with Crippen LogP contribution in [-0.4, -0.2) is 52.8 Å². The second-order valence-electron chi connectivity index (χ2n) is 9.63. The zero-order valence-electron chi connectivity index (χ0n) is 20.8. The van der Waals surface area contributed by atoms with Crippen molar-refractivity contribution in [3.8, 4) is 6.07 Å². The lowest BCUT2D eigenvalue weighted by Crippen LogP contribution is -2.54. The second kappa shape index (κ2) is 13.2. The van der Waals surface area contributed by atoms with Crippen LogP contribution >= 0.6 is 12.6 Å². The van der Waals surface area contributed by atoms with E-state index in [1.807, 2.05) is 12.1 Å². The second-order valence-corrected chi connectivity index (χ2v) is 9.99. The Morgan fingerprint density at radius 3 is 2.54 bits per heavy atom. The van der Waals surface area contributed by atoms with Gasteiger partial charge in [-0.25, -0.2) is 4.79 Å². The third kappa shape index (κ3) is 8.62. The molecule has 2 rings (SSSR count). The normalized spacial score (nSPS) is 15.7. The molecule has 8 nitrogen and oxygen atoms in total. The summed E-state index contributed by atoms with van der Waals surface area (Å²) in [6.45, 7) is 8.58. The van der Waals surface area contributed by atoms with Crippen molar-refractivity contribution in [1.29, 1.82) is 5.26 Å². The van der Waals surface area contributed by atoms with Gasteiger partial charge in [0.1, 0.15) is 24.2 Å². The van der Waals surface area contributed by atoms with Gasteiger partial charge in [-0.2, -0.15) is 17.9 Å². The summed E-state index contributed by atoms with van der Waals surface area (Å²) in [5.74, 6) is -0.999. The third-order valence-electron chi connectivity index (χ3n) is 5.67. The first-order valence-corrected chi connectivity index (χ1v) is 12.5. The molecule has 3 amide bonds. The van der Waals surface area contributed by atoms with Crippen molar-refractivity contribution in [1.82, 2.24) is 15.5 Å².